The van der Waals surface area contributed by atoms with Crippen LogP contribution in [-0.2, 0) is 26.4 Å². The molecule has 0 saturated carbocycles. The highest BCUT2D eigenvalue weighted by Crippen LogP contribution is 2.57. The van der Waals surface area contributed by atoms with Crippen LogP contribution in [0.1, 0.15) is 109 Å². The Balaban J connectivity index is 0.000000234. The Hall–Kier alpha value is -6.04. The first-order valence-electron chi connectivity index (χ1n) is 18.5. The molecule has 0 aromatic heterocycles. The van der Waals surface area contributed by atoms with E-state index < -0.39 is 23.3 Å². The number of aromatic hydroxyl groups is 2. The fraction of sp³-hybridized carbons (Fsp3) is 0.349. The molecule has 4 aromatic carbocycles. The fourth-order valence-corrected chi connectivity index (χ4v) is 6.14. The number of carbonyl (C=O) groups excluding carboxylic acids is 4. The van der Waals surface area contributed by atoms with Crippen LogP contribution in [0.3, 0.4) is 0 Å². The minimum absolute atomic E-state index is 0.0382. The van der Waals surface area contributed by atoms with Gasteiger partial charge >= 0.3 is 12.1 Å². The number of aryl methyl sites for hydroxylation is 1. The number of hydrogen-bond donors (Lipinski definition) is 5. The Labute approximate surface area is 322 Å². The molecule has 12 heteroatoms. The molecular weight excluding hydrogens is 702 g/mol. The number of alkyl carbamates (subject to hydrolysis) is 1. The molecule has 0 fully saturated rings. The van der Waals surface area contributed by atoms with Crippen LogP contribution in [0.15, 0.2) is 78.9 Å². The molecule has 0 unspecified atom stereocenters. The third-order valence-electron chi connectivity index (χ3n) is 8.60. The highest BCUT2D eigenvalue weighted by atomic mass is 16.6. The number of rotatable bonds is 11. The Morgan fingerprint density at radius 3 is 1.96 bits per heavy atom. The Bertz CT molecular complexity index is 1920. The molecule has 0 radical (unpaired) electrons. The minimum atomic E-state index is -1.18. The lowest BCUT2D eigenvalue weighted by Crippen LogP contribution is -2.33. The van der Waals surface area contributed by atoms with Crippen LogP contribution in [0.2, 0.25) is 0 Å². The van der Waals surface area contributed by atoms with Crippen molar-refractivity contribution in [2.45, 2.75) is 85.0 Å². The first-order valence-corrected chi connectivity index (χ1v) is 18.5. The average molecular weight is 754 g/mol. The molecule has 2 aliphatic heterocycles. The summed E-state index contributed by atoms with van der Waals surface area (Å²) in [6.45, 7) is 13.1. The molecular formula is C43H51N3O9. The smallest absolute Gasteiger partial charge is 0.407 e. The van der Waals surface area contributed by atoms with Gasteiger partial charge < -0.3 is 40.4 Å². The molecule has 12 nitrogen and oxygen atoms in total. The van der Waals surface area contributed by atoms with Gasteiger partial charge in [-0.2, -0.15) is 0 Å². The lowest BCUT2D eigenvalue weighted by atomic mass is 9.77. The standard InChI is InChI=1S/C21H14O5.C20H31N3O4.C2H6/c1-11-2-5-14-17(8-11)21(26-20(14)24)15-6-3-12(22)9-18(15)25-19-10-13(23)4-7-16(19)21;1-20(2,3)27-19(26)23-14-16-8-10-17(11-9-16)18(25)22-13-7-5-4-6-12-21-15-24;1-2/h2-10,22-23H,1H3;8-11,15H,4-7,12-14H2,1-3H3,(H,21,24)(H,22,25)(H,23,26);1-2H3. The van der Waals surface area contributed by atoms with E-state index in [9.17, 15) is 29.4 Å². The minimum Gasteiger partial charge on any atom is -0.508 e. The second kappa shape index (κ2) is 18.8. The van der Waals surface area contributed by atoms with Crippen molar-refractivity contribution in [3.8, 4) is 23.0 Å². The van der Waals surface area contributed by atoms with E-state index in [4.69, 9.17) is 14.2 Å². The summed E-state index contributed by atoms with van der Waals surface area (Å²) in [5.41, 5.74) is 3.25. The van der Waals surface area contributed by atoms with Gasteiger partial charge in [0.15, 0.2) is 5.60 Å². The van der Waals surface area contributed by atoms with Crippen molar-refractivity contribution in [3.63, 3.8) is 0 Å². The highest BCUT2D eigenvalue weighted by molar-refractivity contribution is 5.97. The topological polar surface area (TPSA) is 173 Å². The second-order valence-electron chi connectivity index (χ2n) is 13.9. The number of nitrogens with one attached hydrogen (secondary N) is 3. The normalized spacial score (nSPS) is 12.8. The van der Waals surface area contributed by atoms with E-state index in [1.165, 1.54) is 24.3 Å². The molecule has 0 atom stereocenters. The van der Waals surface area contributed by atoms with Crippen molar-refractivity contribution in [1.29, 1.82) is 0 Å². The number of fused-ring (bicyclic) bond motifs is 6. The summed E-state index contributed by atoms with van der Waals surface area (Å²) in [5, 5.41) is 28.0. The molecule has 55 heavy (non-hydrogen) atoms. The zero-order valence-corrected chi connectivity index (χ0v) is 32.3. The summed E-state index contributed by atoms with van der Waals surface area (Å²) >= 11 is 0. The van der Waals surface area contributed by atoms with Gasteiger partial charge in [0, 0.05) is 54.0 Å². The van der Waals surface area contributed by atoms with Crippen LogP contribution in [0, 0.1) is 6.92 Å². The average Bonchev–Trinajstić information content (AvgIpc) is 3.43. The fourth-order valence-electron chi connectivity index (χ4n) is 6.14. The van der Waals surface area contributed by atoms with E-state index in [1.807, 2.05) is 65.8 Å². The Morgan fingerprint density at radius 1 is 0.782 bits per heavy atom. The maximum atomic E-state index is 12.6. The SMILES string of the molecule is CC.CC(C)(C)OC(=O)NCc1ccc(C(=O)NCCCCCCNC=O)cc1.Cc1ccc2c(c1)C1(OC2=O)c2ccc(O)cc2Oc2cc(O)ccc21. The summed E-state index contributed by atoms with van der Waals surface area (Å²) in [6, 6.07) is 22.1. The van der Waals surface area contributed by atoms with Crippen molar-refractivity contribution < 1.29 is 43.6 Å². The van der Waals surface area contributed by atoms with E-state index in [0.29, 0.717) is 59.8 Å². The van der Waals surface area contributed by atoms with Crippen molar-refractivity contribution in [2.24, 2.45) is 0 Å². The van der Waals surface area contributed by atoms with Crippen LogP contribution in [0.25, 0.3) is 0 Å². The molecule has 292 valence electrons. The number of benzene rings is 4. The third kappa shape index (κ3) is 10.6. The maximum Gasteiger partial charge on any atom is 0.407 e. The first kappa shape index (κ1) is 41.7. The van der Waals surface area contributed by atoms with Gasteiger partial charge in [0.1, 0.15) is 28.6 Å². The van der Waals surface area contributed by atoms with E-state index in [2.05, 4.69) is 16.0 Å². The van der Waals surface area contributed by atoms with Crippen LogP contribution in [0.5, 0.6) is 23.0 Å². The van der Waals surface area contributed by atoms with Crippen LogP contribution < -0.4 is 20.7 Å². The lowest BCUT2D eigenvalue weighted by Gasteiger charge is -2.36. The van der Waals surface area contributed by atoms with E-state index in [1.54, 1.807) is 30.3 Å². The monoisotopic (exact) mass is 753 g/mol. The van der Waals surface area contributed by atoms with Crippen molar-refractivity contribution in [1.82, 2.24) is 16.0 Å². The molecule has 4 aromatic rings. The molecule has 3 amide bonds. The summed E-state index contributed by atoms with van der Waals surface area (Å²) in [5.74, 6) is 0.312. The van der Waals surface area contributed by atoms with Gasteiger partial charge in [0.05, 0.1) is 5.56 Å². The quantitative estimate of drug-likeness (QED) is 0.0583. The Morgan fingerprint density at radius 2 is 1.38 bits per heavy atom. The largest absolute Gasteiger partial charge is 0.508 e. The van der Waals surface area contributed by atoms with Crippen LogP contribution in [-0.4, -0.2) is 53.3 Å². The predicted octanol–water partition coefficient (Wildman–Crippen LogP) is 7.75. The lowest BCUT2D eigenvalue weighted by molar-refractivity contribution is -0.109. The number of phenolic OH excluding ortho intramolecular Hbond substituents is 2. The predicted molar refractivity (Wildman–Crippen MR) is 208 cm³/mol. The van der Waals surface area contributed by atoms with Gasteiger partial charge in [-0.15, -0.1) is 0 Å². The number of unbranched alkanes of at least 4 members (excludes halogenated alkanes) is 3. The maximum absolute atomic E-state index is 12.6. The summed E-state index contributed by atoms with van der Waals surface area (Å²) in [7, 11) is 0. The molecule has 2 aliphatic rings. The van der Waals surface area contributed by atoms with Crippen molar-refractivity contribution in [3.05, 3.63) is 118 Å². The molecule has 0 aliphatic carbocycles. The molecule has 5 N–H and O–H groups in total. The van der Waals surface area contributed by atoms with Crippen molar-refractivity contribution in [2.75, 3.05) is 13.1 Å². The number of amides is 3. The number of hydrogen-bond acceptors (Lipinski definition) is 9. The molecule has 0 bridgehead atoms. The molecule has 1 spiro atoms. The van der Waals surface area contributed by atoms with Gasteiger partial charge in [0.25, 0.3) is 5.91 Å². The Kier molecular flexibility index (Phi) is 14.3. The van der Waals surface area contributed by atoms with Gasteiger partial charge in [-0.3, -0.25) is 9.59 Å². The summed E-state index contributed by atoms with van der Waals surface area (Å²) in [6.07, 6.45) is 4.13. The van der Waals surface area contributed by atoms with Crippen LogP contribution in [0.4, 0.5) is 4.79 Å². The van der Waals surface area contributed by atoms with E-state index in [0.717, 1.165) is 42.4 Å². The number of esters is 1. The molecule has 6 rings (SSSR count). The zero-order valence-electron chi connectivity index (χ0n) is 32.3. The summed E-state index contributed by atoms with van der Waals surface area (Å²) < 4.78 is 17.0. The number of phenols is 2. The van der Waals surface area contributed by atoms with Crippen LogP contribution >= 0.6 is 0 Å². The first-order chi connectivity index (χ1) is 26.3. The van der Waals surface area contributed by atoms with Gasteiger partial charge in [0.2, 0.25) is 6.41 Å². The second-order valence-corrected chi connectivity index (χ2v) is 13.9. The highest BCUT2D eigenvalue weighted by Gasteiger charge is 2.53. The van der Waals surface area contributed by atoms with Gasteiger partial charge in [-0.1, -0.05) is 56.5 Å². The molecule has 2 heterocycles. The van der Waals surface area contributed by atoms with E-state index >= 15 is 0 Å². The van der Waals surface area contributed by atoms with Gasteiger partial charge in [-0.25, -0.2) is 9.59 Å². The molecule has 0 saturated heterocycles. The zero-order chi connectivity index (χ0) is 40.2. The number of carbonyl (C=O) groups is 4. The van der Waals surface area contributed by atoms with E-state index in [-0.39, 0.29) is 17.4 Å². The van der Waals surface area contributed by atoms with Crippen molar-refractivity contribution >= 4 is 24.4 Å². The third-order valence-corrected chi connectivity index (χ3v) is 8.60. The number of ether oxygens (including phenoxy) is 3. The van der Waals surface area contributed by atoms with Gasteiger partial charge in [-0.05, 0) is 88.6 Å². The summed E-state index contributed by atoms with van der Waals surface area (Å²) in [4.78, 5) is 46.5.